The lowest BCUT2D eigenvalue weighted by Crippen LogP contribution is -2.42. The van der Waals surface area contributed by atoms with E-state index in [2.05, 4.69) is 0 Å². The van der Waals surface area contributed by atoms with E-state index in [0.29, 0.717) is 5.25 Å². The second-order valence-electron chi connectivity index (χ2n) is 5.07. The molecule has 124 valence electrons. The van der Waals surface area contributed by atoms with Crippen molar-refractivity contribution in [2.75, 3.05) is 19.0 Å². The van der Waals surface area contributed by atoms with Gasteiger partial charge in [0.2, 0.25) is 0 Å². The van der Waals surface area contributed by atoms with Gasteiger partial charge in [0.25, 0.3) is 0 Å². The number of rotatable bonds is 10. The summed E-state index contributed by atoms with van der Waals surface area (Å²) in [6.45, 7) is -1.05. The van der Waals surface area contributed by atoms with Gasteiger partial charge in [0, 0.05) is 17.4 Å². The van der Waals surface area contributed by atoms with E-state index in [9.17, 15) is 15.0 Å². The van der Waals surface area contributed by atoms with Crippen molar-refractivity contribution < 1.29 is 30.0 Å². The molecule has 4 N–H and O–H groups in total. The molecule has 0 aromatic carbocycles. The summed E-state index contributed by atoms with van der Waals surface area (Å²) in [6.07, 6.45) is -0.0227. The number of esters is 1. The van der Waals surface area contributed by atoms with Gasteiger partial charge in [-0.15, -0.1) is 0 Å². The zero-order valence-corrected chi connectivity index (χ0v) is 13.5. The average Bonchev–Trinajstić information content (AvgIpc) is 3.00. The van der Waals surface area contributed by atoms with Gasteiger partial charge in [-0.05, 0) is 19.3 Å². The first-order valence-electron chi connectivity index (χ1n) is 7.13. The molecule has 4 atom stereocenters. The number of aliphatic hydroxyl groups excluding tert-OH is 4. The van der Waals surface area contributed by atoms with Crippen LogP contribution in [-0.4, -0.2) is 68.9 Å². The van der Waals surface area contributed by atoms with Crippen molar-refractivity contribution in [3.05, 3.63) is 0 Å². The van der Waals surface area contributed by atoms with Crippen LogP contribution in [0.3, 0.4) is 0 Å². The predicted octanol–water partition coefficient (Wildman–Crippen LogP) is 0.319. The maximum absolute atomic E-state index is 11.5. The number of ether oxygens (including phenoxy) is 1. The third-order valence-electron chi connectivity index (χ3n) is 3.27. The van der Waals surface area contributed by atoms with E-state index < -0.39 is 30.9 Å². The molecule has 1 aliphatic heterocycles. The van der Waals surface area contributed by atoms with Crippen LogP contribution in [0.2, 0.25) is 0 Å². The predicted molar refractivity (Wildman–Crippen MR) is 83.0 cm³/mol. The maximum atomic E-state index is 11.5. The van der Waals surface area contributed by atoms with E-state index in [4.69, 9.17) is 14.9 Å². The first-order chi connectivity index (χ1) is 10.0. The Kier molecular flexibility index (Phi) is 9.70. The van der Waals surface area contributed by atoms with Crippen LogP contribution < -0.4 is 0 Å². The summed E-state index contributed by atoms with van der Waals surface area (Å²) in [5.41, 5.74) is 0. The Labute approximate surface area is 132 Å². The highest BCUT2D eigenvalue weighted by atomic mass is 33.1. The number of hydrogen-bond acceptors (Lipinski definition) is 8. The Morgan fingerprint density at radius 3 is 2.62 bits per heavy atom. The van der Waals surface area contributed by atoms with E-state index in [1.165, 1.54) is 12.2 Å². The summed E-state index contributed by atoms with van der Waals surface area (Å²) in [5, 5.41) is 37.3. The topological polar surface area (TPSA) is 107 Å². The van der Waals surface area contributed by atoms with Gasteiger partial charge in [-0.1, -0.05) is 28.0 Å². The van der Waals surface area contributed by atoms with Crippen molar-refractivity contribution in [2.24, 2.45) is 0 Å². The van der Waals surface area contributed by atoms with Crippen molar-refractivity contribution in [3.63, 3.8) is 0 Å². The quantitative estimate of drug-likeness (QED) is 0.256. The first kappa shape index (κ1) is 19.1. The minimum absolute atomic E-state index is 0.288. The van der Waals surface area contributed by atoms with Crippen molar-refractivity contribution in [1.29, 1.82) is 0 Å². The second-order valence-corrected chi connectivity index (χ2v) is 7.85. The highest BCUT2D eigenvalue weighted by Crippen LogP contribution is 2.39. The van der Waals surface area contributed by atoms with Gasteiger partial charge >= 0.3 is 5.97 Å². The average molecular weight is 340 g/mol. The molecule has 0 radical (unpaired) electrons. The summed E-state index contributed by atoms with van der Waals surface area (Å²) >= 11 is 0. The molecule has 1 rings (SSSR count). The van der Waals surface area contributed by atoms with Crippen molar-refractivity contribution in [2.45, 2.75) is 55.7 Å². The number of aliphatic hydroxyl groups is 4. The van der Waals surface area contributed by atoms with Gasteiger partial charge in [0.05, 0.1) is 6.61 Å². The van der Waals surface area contributed by atoms with E-state index in [0.717, 1.165) is 19.3 Å². The van der Waals surface area contributed by atoms with Gasteiger partial charge in [-0.3, -0.25) is 4.79 Å². The van der Waals surface area contributed by atoms with Crippen molar-refractivity contribution in [3.8, 4) is 0 Å². The molecule has 0 aliphatic carbocycles. The van der Waals surface area contributed by atoms with E-state index in [1.54, 1.807) is 0 Å². The van der Waals surface area contributed by atoms with Gasteiger partial charge in [-0.25, -0.2) is 0 Å². The molecule has 1 aliphatic rings. The lowest BCUT2D eigenvalue weighted by atomic mass is 10.1. The molecular formula is C13H24O6S2. The molecule has 1 heterocycles. The van der Waals surface area contributed by atoms with Crippen LogP contribution in [0.15, 0.2) is 0 Å². The van der Waals surface area contributed by atoms with Gasteiger partial charge < -0.3 is 25.2 Å². The van der Waals surface area contributed by atoms with Crippen LogP contribution in [0.4, 0.5) is 0 Å². The molecule has 6 nitrogen and oxygen atoms in total. The molecule has 0 saturated carbocycles. The minimum atomic E-state index is -1.53. The molecule has 0 aromatic rings. The van der Waals surface area contributed by atoms with Gasteiger partial charge in [0.1, 0.15) is 24.9 Å². The molecule has 0 spiro atoms. The van der Waals surface area contributed by atoms with Crippen LogP contribution in [-0.2, 0) is 9.53 Å². The van der Waals surface area contributed by atoms with Crippen LogP contribution in [0, 0.1) is 0 Å². The zero-order valence-electron chi connectivity index (χ0n) is 11.9. The Balaban J connectivity index is 2.04. The SMILES string of the molecule is O=C(CCCCC1CCSS1)OCC(O)C(O)C(O)CO. The largest absolute Gasteiger partial charge is 0.463 e. The smallest absolute Gasteiger partial charge is 0.305 e. The lowest BCUT2D eigenvalue weighted by molar-refractivity contribution is -0.152. The third-order valence-corrected chi connectivity index (χ3v) is 6.28. The van der Waals surface area contributed by atoms with E-state index in [-0.39, 0.29) is 13.0 Å². The summed E-state index contributed by atoms with van der Waals surface area (Å²) in [4.78, 5) is 11.5. The van der Waals surface area contributed by atoms with Crippen molar-refractivity contribution >= 4 is 27.6 Å². The van der Waals surface area contributed by atoms with Crippen LogP contribution in [0.5, 0.6) is 0 Å². The fourth-order valence-corrected chi connectivity index (χ4v) is 4.95. The summed E-state index contributed by atoms with van der Waals surface area (Å²) in [6, 6.07) is 0. The van der Waals surface area contributed by atoms with Crippen LogP contribution >= 0.6 is 21.6 Å². The normalized spacial score (nSPS) is 22.8. The van der Waals surface area contributed by atoms with Gasteiger partial charge in [-0.2, -0.15) is 0 Å². The standard InChI is InChI=1S/C13H24O6S2/c14-7-10(15)13(18)11(16)8-19-12(17)4-2-1-3-9-5-6-20-21-9/h9-11,13-16,18H,1-8H2. The van der Waals surface area contributed by atoms with Crippen LogP contribution in [0.25, 0.3) is 0 Å². The molecule has 0 aromatic heterocycles. The molecule has 21 heavy (non-hydrogen) atoms. The number of unbranched alkanes of at least 4 members (excludes halogenated alkanes) is 1. The summed E-state index contributed by atoms with van der Waals surface area (Å²) < 4.78 is 4.84. The molecule has 0 bridgehead atoms. The van der Waals surface area contributed by atoms with E-state index >= 15 is 0 Å². The van der Waals surface area contributed by atoms with Crippen LogP contribution in [0.1, 0.15) is 32.1 Å². The third kappa shape index (κ3) is 7.71. The Morgan fingerprint density at radius 1 is 1.24 bits per heavy atom. The number of hydrogen-bond donors (Lipinski definition) is 4. The highest BCUT2D eigenvalue weighted by molar-refractivity contribution is 8.77. The van der Waals surface area contributed by atoms with Gasteiger partial charge in [0.15, 0.2) is 0 Å². The highest BCUT2D eigenvalue weighted by Gasteiger charge is 2.25. The fraction of sp³-hybridized carbons (Fsp3) is 0.923. The minimum Gasteiger partial charge on any atom is -0.463 e. The summed E-state index contributed by atoms with van der Waals surface area (Å²) in [7, 11) is 3.82. The molecule has 1 saturated heterocycles. The molecule has 8 heteroatoms. The molecule has 4 unspecified atom stereocenters. The number of carbonyl (C=O) groups is 1. The summed E-state index contributed by atoms with van der Waals surface area (Å²) in [5.74, 6) is 0.783. The Bertz CT molecular complexity index is 298. The van der Waals surface area contributed by atoms with Crippen molar-refractivity contribution in [1.82, 2.24) is 0 Å². The molecule has 0 amide bonds. The molecule has 1 fully saturated rings. The first-order valence-corrected chi connectivity index (χ1v) is 9.51. The van der Waals surface area contributed by atoms with E-state index in [1.807, 2.05) is 21.6 Å². The fourth-order valence-electron chi connectivity index (χ4n) is 1.92. The molecular weight excluding hydrogens is 316 g/mol. The lowest BCUT2D eigenvalue weighted by Gasteiger charge is -2.21. The monoisotopic (exact) mass is 340 g/mol. The zero-order chi connectivity index (χ0) is 15.7. The second kappa shape index (κ2) is 10.7. The number of carbonyl (C=O) groups excluding carboxylic acids is 1. The Hall–Kier alpha value is 0.01000. The maximum Gasteiger partial charge on any atom is 0.305 e. The Morgan fingerprint density at radius 2 is 2.00 bits per heavy atom.